The van der Waals surface area contributed by atoms with Crippen LogP contribution in [0.25, 0.3) is 0 Å². The number of nitrogens with zero attached hydrogens (tertiary/aromatic N) is 3. The zero-order valence-corrected chi connectivity index (χ0v) is 16.5. The summed E-state index contributed by atoms with van der Waals surface area (Å²) < 4.78 is 0. The van der Waals surface area contributed by atoms with Gasteiger partial charge in [-0.05, 0) is 68.9 Å². The monoisotopic (exact) mass is 347 g/mol. The number of likely N-dealkylation sites (tertiary alicyclic amines) is 3. The third-order valence-electron chi connectivity index (χ3n) is 7.78. The van der Waals surface area contributed by atoms with E-state index in [9.17, 15) is 4.79 Å². The van der Waals surface area contributed by atoms with Gasteiger partial charge in [-0.2, -0.15) is 0 Å². The average molecular weight is 348 g/mol. The van der Waals surface area contributed by atoms with E-state index in [1.165, 1.54) is 64.7 Å². The van der Waals surface area contributed by atoms with E-state index in [1.807, 2.05) is 0 Å². The fraction of sp³-hybridized carbons (Fsp3) is 0.952. The van der Waals surface area contributed by atoms with Crippen molar-refractivity contribution in [2.75, 3.05) is 39.3 Å². The van der Waals surface area contributed by atoms with E-state index in [1.54, 1.807) is 6.92 Å². The molecule has 3 aliphatic heterocycles. The Kier molecular flexibility index (Phi) is 4.87. The maximum Gasteiger partial charge on any atom is 0.219 e. The second-order valence-electron chi connectivity index (χ2n) is 9.85. The summed E-state index contributed by atoms with van der Waals surface area (Å²) in [6, 6.07) is 1.44. The van der Waals surface area contributed by atoms with Gasteiger partial charge in [0.1, 0.15) is 0 Å². The molecule has 0 N–H and O–H groups in total. The van der Waals surface area contributed by atoms with E-state index in [2.05, 4.69) is 28.5 Å². The summed E-state index contributed by atoms with van der Waals surface area (Å²) in [5, 5.41) is 0. The molecule has 0 bridgehead atoms. The van der Waals surface area contributed by atoms with E-state index in [0.29, 0.717) is 6.04 Å². The van der Waals surface area contributed by atoms with Gasteiger partial charge in [-0.25, -0.2) is 0 Å². The zero-order chi connectivity index (χ0) is 17.6. The van der Waals surface area contributed by atoms with E-state index >= 15 is 0 Å². The van der Waals surface area contributed by atoms with Crippen molar-refractivity contribution in [2.24, 2.45) is 17.3 Å². The fourth-order valence-corrected chi connectivity index (χ4v) is 6.01. The number of hydrogen-bond donors (Lipinski definition) is 0. The van der Waals surface area contributed by atoms with Crippen LogP contribution in [-0.2, 0) is 4.79 Å². The van der Waals surface area contributed by atoms with Crippen molar-refractivity contribution in [1.82, 2.24) is 14.7 Å². The molecule has 0 aromatic heterocycles. The highest BCUT2D eigenvalue weighted by atomic mass is 16.2. The van der Waals surface area contributed by atoms with Crippen LogP contribution in [0.5, 0.6) is 0 Å². The molecule has 1 amide bonds. The van der Waals surface area contributed by atoms with Crippen LogP contribution in [0.15, 0.2) is 0 Å². The van der Waals surface area contributed by atoms with Gasteiger partial charge in [-0.3, -0.25) is 14.6 Å². The van der Waals surface area contributed by atoms with Crippen molar-refractivity contribution >= 4 is 5.91 Å². The summed E-state index contributed by atoms with van der Waals surface area (Å²) in [7, 11) is 0. The molecule has 4 aliphatic rings. The molecular formula is C21H37N3O. The van der Waals surface area contributed by atoms with E-state index in [0.717, 1.165) is 36.4 Å². The Morgan fingerprint density at radius 1 is 0.960 bits per heavy atom. The molecule has 0 aromatic carbocycles. The number of carbonyl (C=O) groups excluding carboxylic acids is 1. The highest BCUT2D eigenvalue weighted by molar-refractivity contribution is 5.73. The van der Waals surface area contributed by atoms with Gasteiger partial charge in [0.25, 0.3) is 0 Å². The van der Waals surface area contributed by atoms with Gasteiger partial charge in [0.05, 0.1) is 0 Å². The number of amides is 1. The summed E-state index contributed by atoms with van der Waals surface area (Å²) in [4.78, 5) is 19.2. The lowest BCUT2D eigenvalue weighted by Crippen LogP contribution is -2.66. The Balaban J connectivity index is 1.20. The lowest BCUT2D eigenvalue weighted by molar-refractivity contribution is -0.134. The SMILES string of the molecule is CC(=O)N1CCCC(N2CCC(N3CC4(CC(C(C)C)C4)C3)CC2)C1. The molecule has 4 heteroatoms. The lowest BCUT2D eigenvalue weighted by atomic mass is 9.55. The maximum absolute atomic E-state index is 11.7. The lowest BCUT2D eigenvalue weighted by Gasteiger charge is -2.63. The van der Waals surface area contributed by atoms with Crippen molar-refractivity contribution in [1.29, 1.82) is 0 Å². The first-order chi connectivity index (χ1) is 12.0. The number of rotatable bonds is 3. The molecule has 1 atom stereocenters. The van der Waals surface area contributed by atoms with Gasteiger partial charge >= 0.3 is 0 Å². The van der Waals surface area contributed by atoms with Gasteiger partial charge in [0.15, 0.2) is 0 Å². The highest BCUT2D eigenvalue weighted by Crippen LogP contribution is 2.55. The quantitative estimate of drug-likeness (QED) is 0.785. The summed E-state index contributed by atoms with van der Waals surface area (Å²) in [6.45, 7) is 13.7. The molecule has 3 saturated heterocycles. The molecule has 3 heterocycles. The minimum absolute atomic E-state index is 0.255. The number of carbonyl (C=O) groups is 1. The van der Waals surface area contributed by atoms with E-state index < -0.39 is 0 Å². The molecule has 0 aromatic rings. The summed E-state index contributed by atoms with van der Waals surface area (Å²) in [5.74, 6) is 2.14. The standard InChI is InChI=1S/C21H37N3O/c1-16(2)18-11-21(12-18)14-24(15-21)19-6-9-22(10-7-19)20-5-4-8-23(13-20)17(3)25/h16,18-20H,4-15H2,1-3H3. The highest BCUT2D eigenvalue weighted by Gasteiger charge is 2.54. The van der Waals surface area contributed by atoms with Crippen molar-refractivity contribution in [3.8, 4) is 0 Å². The Morgan fingerprint density at radius 2 is 1.64 bits per heavy atom. The van der Waals surface area contributed by atoms with Crippen molar-refractivity contribution in [3.63, 3.8) is 0 Å². The molecule has 1 spiro atoms. The van der Waals surface area contributed by atoms with E-state index in [-0.39, 0.29) is 5.91 Å². The second kappa shape index (κ2) is 6.84. The maximum atomic E-state index is 11.7. The largest absolute Gasteiger partial charge is 0.341 e. The molecule has 4 nitrogen and oxygen atoms in total. The van der Waals surface area contributed by atoms with Crippen molar-refractivity contribution in [2.45, 2.75) is 71.4 Å². The van der Waals surface area contributed by atoms with Gasteiger partial charge in [0.2, 0.25) is 5.91 Å². The predicted molar refractivity (Wildman–Crippen MR) is 101 cm³/mol. The fourth-order valence-electron chi connectivity index (χ4n) is 6.01. The number of hydrogen-bond acceptors (Lipinski definition) is 3. The minimum Gasteiger partial charge on any atom is -0.341 e. The van der Waals surface area contributed by atoms with Crippen LogP contribution in [0.2, 0.25) is 0 Å². The van der Waals surface area contributed by atoms with Gasteiger partial charge < -0.3 is 4.90 Å². The minimum atomic E-state index is 0.255. The van der Waals surface area contributed by atoms with Gasteiger partial charge in [-0.15, -0.1) is 0 Å². The zero-order valence-electron chi connectivity index (χ0n) is 16.5. The van der Waals surface area contributed by atoms with Gasteiger partial charge in [0, 0.05) is 45.2 Å². The first kappa shape index (κ1) is 17.8. The van der Waals surface area contributed by atoms with Gasteiger partial charge in [-0.1, -0.05) is 13.8 Å². The first-order valence-electron chi connectivity index (χ1n) is 10.7. The Hall–Kier alpha value is -0.610. The normalized spacial score (nSPS) is 32.0. The molecular weight excluding hydrogens is 310 g/mol. The average Bonchev–Trinajstić information content (AvgIpc) is 2.52. The Bertz CT molecular complexity index is 483. The molecule has 142 valence electrons. The van der Waals surface area contributed by atoms with Crippen LogP contribution < -0.4 is 0 Å². The molecule has 4 fully saturated rings. The smallest absolute Gasteiger partial charge is 0.219 e. The first-order valence-corrected chi connectivity index (χ1v) is 10.7. The second-order valence-corrected chi connectivity index (χ2v) is 9.85. The summed E-state index contributed by atoms with van der Waals surface area (Å²) in [5.41, 5.74) is 0.720. The van der Waals surface area contributed by atoms with Crippen LogP contribution in [0, 0.1) is 17.3 Å². The van der Waals surface area contributed by atoms with Crippen molar-refractivity contribution in [3.05, 3.63) is 0 Å². The predicted octanol–water partition coefficient (Wildman–Crippen LogP) is 2.83. The molecule has 1 saturated carbocycles. The Morgan fingerprint density at radius 3 is 2.24 bits per heavy atom. The van der Waals surface area contributed by atoms with Crippen molar-refractivity contribution < 1.29 is 4.79 Å². The number of piperidine rings is 2. The topological polar surface area (TPSA) is 26.8 Å². The van der Waals surface area contributed by atoms with E-state index in [4.69, 9.17) is 0 Å². The summed E-state index contributed by atoms with van der Waals surface area (Å²) >= 11 is 0. The molecule has 25 heavy (non-hydrogen) atoms. The van der Waals surface area contributed by atoms with Crippen LogP contribution in [-0.4, -0.2) is 72.0 Å². The van der Waals surface area contributed by atoms with Crippen LogP contribution in [0.4, 0.5) is 0 Å². The van der Waals surface area contributed by atoms with Crippen LogP contribution in [0.3, 0.4) is 0 Å². The molecule has 4 rings (SSSR count). The molecule has 0 radical (unpaired) electrons. The summed E-state index contributed by atoms with van der Waals surface area (Å²) in [6.07, 6.45) is 8.10. The molecule has 1 aliphatic carbocycles. The Labute approximate surface area is 153 Å². The van der Waals surface area contributed by atoms with Crippen LogP contribution in [0.1, 0.15) is 59.3 Å². The third kappa shape index (κ3) is 3.49. The molecule has 1 unspecified atom stereocenters. The van der Waals surface area contributed by atoms with Crippen LogP contribution >= 0.6 is 0 Å². The third-order valence-corrected chi connectivity index (χ3v) is 7.78.